The Morgan fingerprint density at radius 2 is 2.04 bits per heavy atom. The van der Waals surface area contributed by atoms with E-state index in [0.29, 0.717) is 11.8 Å². The lowest BCUT2D eigenvalue weighted by molar-refractivity contribution is -0.127. The van der Waals surface area contributed by atoms with Gasteiger partial charge in [-0.25, -0.2) is 4.98 Å². The molecule has 8 heteroatoms. The molecule has 1 amide bonds. The molecule has 2 aromatic heterocycles. The smallest absolute Gasteiger partial charge is 0.249 e. The number of carbonyl (C=O) groups excluding carboxylic acids is 1. The number of thiazole rings is 1. The predicted molar refractivity (Wildman–Crippen MR) is 107 cm³/mol. The SMILES string of the molecule is Cc1nc(CN2CCC(C(=O)NC(c3nc(C4CC4)no3)C(C)C)CC2)cs1. The summed E-state index contributed by atoms with van der Waals surface area (Å²) in [5.41, 5.74) is 1.13. The van der Waals surface area contributed by atoms with Crippen LogP contribution in [0.4, 0.5) is 0 Å². The molecule has 0 radical (unpaired) electrons. The van der Waals surface area contributed by atoms with Gasteiger partial charge in [-0.05, 0) is 51.6 Å². The number of nitrogens with one attached hydrogen (secondary N) is 1. The second-order valence-electron chi connectivity index (χ2n) is 8.40. The molecule has 1 aliphatic carbocycles. The Balaban J connectivity index is 1.30. The number of hydrogen-bond acceptors (Lipinski definition) is 7. The van der Waals surface area contributed by atoms with Crippen LogP contribution in [0.5, 0.6) is 0 Å². The maximum Gasteiger partial charge on any atom is 0.249 e. The van der Waals surface area contributed by atoms with Gasteiger partial charge in [-0.15, -0.1) is 11.3 Å². The lowest BCUT2D eigenvalue weighted by Crippen LogP contribution is -2.42. The highest BCUT2D eigenvalue weighted by Gasteiger charge is 2.33. The quantitative estimate of drug-likeness (QED) is 0.762. The van der Waals surface area contributed by atoms with Crippen LogP contribution in [0.25, 0.3) is 0 Å². The van der Waals surface area contributed by atoms with Crippen molar-refractivity contribution < 1.29 is 9.32 Å². The first-order valence-corrected chi connectivity index (χ1v) is 11.1. The zero-order valence-electron chi connectivity index (χ0n) is 16.9. The third-order valence-corrected chi connectivity index (χ3v) is 6.46. The lowest BCUT2D eigenvalue weighted by atomic mass is 9.94. The highest BCUT2D eigenvalue weighted by Crippen LogP contribution is 2.38. The second-order valence-corrected chi connectivity index (χ2v) is 9.47. The maximum absolute atomic E-state index is 12.9. The van der Waals surface area contributed by atoms with Crippen molar-refractivity contribution >= 4 is 17.2 Å². The third-order valence-electron chi connectivity index (χ3n) is 5.64. The molecule has 1 unspecified atom stereocenters. The zero-order valence-corrected chi connectivity index (χ0v) is 17.7. The molecule has 1 atom stereocenters. The fraction of sp³-hybridized carbons (Fsp3) is 0.700. The van der Waals surface area contributed by atoms with E-state index in [9.17, 15) is 4.79 Å². The zero-order chi connectivity index (χ0) is 19.7. The molecule has 152 valence electrons. The number of rotatable bonds is 7. The Hall–Kier alpha value is -1.80. The second kappa shape index (κ2) is 8.29. The monoisotopic (exact) mass is 403 g/mol. The molecule has 0 spiro atoms. The number of nitrogens with zero attached hydrogens (tertiary/aromatic N) is 4. The number of hydrogen-bond donors (Lipinski definition) is 1. The van der Waals surface area contributed by atoms with E-state index in [1.807, 2.05) is 6.92 Å². The van der Waals surface area contributed by atoms with Crippen LogP contribution in [-0.2, 0) is 11.3 Å². The van der Waals surface area contributed by atoms with Crippen molar-refractivity contribution in [2.24, 2.45) is 11.8 Å². The average molecular weight is 404 g/mol. The fourth-order valence-corrected chi connectivity index (χ4v) is 4.33. The number of likely N-dealkylation sites (tertiary alicyclic amines) is 1. The largest absolute Gasteiger partial charge is 0.344 e. The Kier molecular flexibility index (Phi) is 5.78. The molecule has 2 aromatic rings. The van der Waals surface area contributed by atoms with Gasteiger partial charge in [0.15, 0.2) is 5.82 Å². The van der Waals surface area contributed by atoms with E-state index in [1.165, 1.54) is 0 Å². The first-order chi connectivity index (χ1) is 13.5. The van der Waals surface area contributed by atoms with Crippen molar-refractivity contribution in [3.63, 3.8) is 0 Å². The molecule has 2 fully saturated rings. The van der Waals surface area contributed by atoms with Gasteiger partial charge in [0.2, 0.25) is 11.8 Å². The molecule has 2 aliphatic rings. The highest BCUT2D eigenvalue weighted by molar-refractivity contribution is 7.09. The number of amides is 1. The van der Waals surface area contributed by atoms with Gasteiger partial charge in [-0.3, -0.25) is 9.69 Å². The van der Waals surface area contributed by atoms with E-state index < -0.39 is 0 Å². The molecule has 1 saturated carbocycles. The topological polar surface area (TPSA) is 84.2 Å². The molecule has 1 N–H and O–H groups in total. The summed E-state index contributed by atoms with van der Waals surface area (Å²) in [4.78, 5) is 24.4. The van der Waals surface area contributed by atoms with Crippen LogP contribution in [0.3, 0.4) is 0 Å². The third kappa shape index (κ3) is 4.60. The molecular weight excluding hydrogens is 374 g/mol. The summed E-state index contributed by atoms with van der Waals surface area (Å²) in [6.07, 6.45) is 4.02. The van der Waals surface area contributed by atoms with Crippen LogP contribution >= 0.6 is 11.3 Å². The van der Waals surface area contributed by atoms with Crippen LogP contribution in [0.2, 0.25) is 0 Å². The molecule has 0 bridgehead atoms. The number of piperidine rings is 1. The van der Waals surface area contributed by atoms with Crippen molar-refractivity contribution in [2.45, 2.75) is 65.0 Å². The summed E-state index contributed by atoms with van der Waals surface area (Å²) in [5.74, 6) is 2.13. The molecular formula is C20H29N5O2S. The normalized spacial score (nSPS) is 19.9. The van der Waals surface area contributed by atoms with Gasteiger partial charge in [-0.1, -0.05) is 19.0 Å². The summed E-state index contributed by atoms with van der Waals surface area (Å²) < 4.78 is 5.47. The molecule has 4 rings (SSSR count). The molecule has 7 nitrogen and oxygen atoms in total. The van der Waals surface area contributed by atoms with Crippen LogP contribution in [0.1, 0.15) is 73.9 Å². The van der Waals surface area contributed by atoms with Crippen LogP contribution < -0.4 is 5.32 Å². The van der Waals surface area contributed by atoms with Crippen molar-refractivity contribution in [1.29, 1.82) is 0 Å². The number of carbonyl (C=O) groups is 1. The van der Waals surface area contributed by atoms with E-state index in [0.717, 1.165) is 61.8 Å². The summed E-state index contributed by atoms with van der Waals surface area (Å²) >= 11 is 1.69. The Morgan fingerprint density at radius 3 is 2.64 bits per heavy atom. The van der Waals surface area contributed by atoms with Crippen molar-refractivity contribution in [1.82, 2.24) is 25.3 Å². The lowest BCUT2D eigenvalue weighted by Gasteiger charge is -2.31. The van der Waals surface area contributed by atoms with Crippen LogP contribution in [0, 0.1) is 18.8 Å². The van der Waals surface area contributed by atoms with E-state index >= 15 is 0 Å². The van der Waals surface area contributed by atoms with Gasteiger partial charge in [0, 0.05) is 23.8 Å². The number of aromatic nitrogens is 3. The van der Waals surface area contributed by atoms with E-state index in [4.69, 9.17) is 4.52 Å². The summed E-state index contributed by atoms with van der Waals surface area (Å²) in [6.45, 7) is 8.90. The van der Waals surface area contributed by atoms with Gasteiger partial charge in [0.05, 0.1) is 10.7 Å². The maximum atomic E-state index is 12.9. The molecule has 1 aliphatic heterocycles. The van der Waals surface area contributed by atoms with Crippen LogP contribution in [0.15, 0.2) is 9.90 Å². The minimum Gasteiger partial charge on any atom is -0.344 e. The predicted octanol–water partition coefficient (Wildman–Crippen LogP) is 3.44. The van der Waals surface area contributed by atoms with E-state index in [2.05, 4.69) is 44.6 Å². The standard InChI is InChI=1S/C20H29N5O2S/c1-12(2)17(20-23-18(24-27-20)14-4-5-14)22-19(26)15-6-8-25(9-7-15)10-16-11-28-13(3)21-16/h11-12,14-15,17H,4-10H2,1-3H3,(H,22,26). The Labute approximate surface area is 169 Å². The molecule has 0 aromatic carbocycles. The molecule has 1 saturated heterocycles. The summed E-state index contributed by atoms with van der Waals surface area (Å²) in [7, 11) is 0. The van der Waals surface area contributed by atoms with Gasteiger partial charge in [0.25, 0.3) is 0 Å². The van der Waals surface area contributed by atoms with Gasteiger partial charge >= 0.3 is 0 Å². The Bertz CT molecular complexity index is 805. The molecule has 28 heavy (non-hydrogen) atoms. The van der Waals surface area contributed by atoms with Crippen molar-refractivity contribution in [3.05, 3.63) is 27.8 Å². The van der Waals surface area contributed by atoms with E-state index in [1.54, 1.807) is 11.3 Å². The minimum atomic E-state index is -0.219. The minimum absolute atomic E-state index is 0.0421. The highest BCUT2D eigenvalue weighted by atomic mass is 32.1. The van der Waals surface area contributed by atoms with Gasteiger partial charge < -0.3 is 9.84 Å². The van der Waals surface area contributed by atoms with Gasteiger partial charge in [-0.2, -0.15) is 4.98 Å². The first-order valence-electron chi connectivity index (χ1n) is 10.3. The summed E-state index contributed by atoms with van der Waals surface area (Å²) in [6, 6.07) is -0.219. The first kappa shape index (κ1) is 19.5. The Morgan fingerprint density at radius 1 is 1.29 bits per heavy atom. The fourth-order valence-electron chi connectivity index (χ4n) is 3.73. The van der Waals surface area contributed by atoms with Crippen molar-refractivity contribution in [3.8, 4) is 0 Å². The van der Waals surface area contributed by atoms with Crippen molar-refractivity contribution in [2.75, 3.05) is 13.1 Å². The summed E-state index contributed by atoms with van der Waals surface area (Å²) in [5, 5.41) is 10.5. The average Bonchev–Trinajstić information content (AvgIpc) is 3.27. The van der Waals surface area contributed by atoms with Crippen LogP contribution in [-0.4, -0.2) is 39.0 Å². The number of aryl methyl sites for hydroxylation is 1. The molecule has 3 heterocycles. The van der Waals surface area contributed by atoms with E-state index in [-0.39, 0.29) is 23.8 Å². The van der Waals surface area contributed by atoms with Gasteiger partial charge in [0.1, 0.15) is 6.04 Å².